The number of Topliss-reactive ketones (excluding diaryl/α,β-unsaturated/α-hetero) is 2. The molecular weight excluding hydrogens is 634 g/mol. The smallest absolute Gasteiger partial charge is 0.255 e. The number of likely N-dealkylation sites (tertiary alicyclic amines) is 1. The monoisotopic (exact) mass is 673 g/mol. The Labute approximate surface area is 281 Å². The molecule has 1 saturated carbocycles. The third kappa shape index (κ3) is 4.19. The Bertz CT molecular complexity index is 1930. The fourth-order valence-corrected chi connectivity index (χ4v) is 8.36. The lowest BCUT2D eigenvalue weighted by Crippen LogP contribution is -2.87. The van der Waals surface area contributed by atoms with Gasteiger partial charge in [0, 0.05) is 17.7 Å². The van der Waals surface area contributed by atoms with E-state index in [0.717, 1.165) is 36.4 Å². The van der Waals surface area contributed by atoms with Gasteiger partial charge in [0.05, 0.1) is 41.9 Å². The molecule has 1 aliphatic heterocycles. The lowest BCUT2D eigenvalue weighted by Gasteiger charge is -2.62. The largest absolute Gasteiger partial charge is 0.509 e. The Balaban J connectivity index is 1.62. The summed E-state index contributed by atoms with van der Waals surface area (Å²) in [4.78, 5) is 44.3. The number of hydrogen-bond acceptors (Lipinski definition) is 14. The number of nitrogens with two attached hydrogens (primary N) is 4. The van der Waals surface area contributed by atoms with Crippen molar-refractivity contribution in [3.63, 3.8) is 0 Å². The Morgan fingerprint density at radius 1 is 1.10 bits per heavy atom. The van der Waals surface area contributed by atoms with E-state index < -0.39 is 80.6 Å². The number of ketones is 2. The van der Waals surface area contributed by atoms with Crippen LogP contribution in [0.4, 0.5) is 0 Å². The van der Waals surface area contributed by atoms with Gasteiger partial charge in [-0.05, 0) is 63.3 Å². The van der Waals surface area contributed by atoms with Crippen molar-refractivity contribution in [3.05, 3.63) is 63.9 Å². The second kappa shape index (κ2) is 11.4. The molecule has 2 aromatic rings. The molecule has 1 heterocycles. The van der Waals surface area contributed by atoms with Crippen molar-refractivity contribution < 1.29 is 39.5 Å². The van der Waals surface area contributed by atoms with E-state index in [1.807, 2.05) is 12.1 Å². The molecule has 2 aromatic carbocycles. The van der Waals surface area contributed by atoms with E-state index in [4.69, 9.17) is 27.7 Å². The van der Waals surface area contributed by atoms with Crippen LogP contribution in [0.1, 0.15) is 35.6 Å². The van der Waals surface area contributed by atoms with Crippen LogP contribution in [0.15, 0.2) is 47.2 Å². The number of primary amides is 1. The van der Waals surface area contributed by atoms with Gasteiger partial charge in [-0.15, -0.1) is 0 Å². The summed E-state index contributed by atoms with van der Waals surface area (Å²) in [6.07, 6.45) is -0.101. The summed E-state index contributed by atoms with van der Waals surface area (Å²) >= 11 is 0. The van der Waals surface area contributed by atoms with Gasteiger partial charge in [-0.1, -0.05) is 18.2 Å². The van der Waals surface area contributed by atoms with Gasteiger partial charge in [0.15, 0.2) is 17.0 Å². The molecule has 3 aliphatic carbocycles. The molecular formula is C34H39N7O8. The van der Waals surface area contributed by atoms with E-state index in [1.54, 1.807) is 12.1 Å². The fourth-order valence-electron chi connectivity index (χ4n) is 8.36. The number of ether oxygens (including phenoxy) is 1. The summed E-state index contributed by atoms with van der Waals surface area (Å²) in [5.74, 6) is -6.51. The van der Waals surface area contributed by atoms with Gasteiger partial charge in [0.25, 0.3) is 5.91 Å². The number of rotatable bonds is 6. The first-order chi connectivity index (χ1) is 23.0. The van der Waals surface area contributed by atoms with E-state index in [9.17, 15) is 40.1 Å². The molecule has 15 heteroatoms. The zero-order valence-electron chi connectivity index (χ0n) is 27.2. The number of amides is 1. The maximum absolute atomic E-state index is 14.7. The number of nitrogens with zero attached hydrogens (tertiary/aromatic N) is 3. The minimum absolute atomic E-state index is 0.0122. The first-order valence-corrected chi connectivity index (χ1v) is 15.7. The predicted molar refractivity (Wildman–Crippen MR) is 175 cm³/mol. The third-order valence-corrected chi connectivity index (χ3v) is 10.7. The second-order valence-electron chi connectivity index (χ2n) is 13.4. The quantitative estimate of drug-likeness (QED) is 0.181. The highest BCUT2D eigenvalue weighted by molar-refractivity contribution is 6.26. The number of phenolic OH excluding ortho intramolecular Hbond substituents is 1. The van der Waals surface area contributed by atoms with E-state index in [-0.39, 0.29) is 16.7 Å². The normalized spacial score (nSPS) is 31.4. The number of hydrogen-bond donors (Lipinski definition) is 8. The van der Waals surface area contributed by atoms with Crippen LogP contribution in [-0.2, 0) is 20.9 Å². The van der Waals surface area contributed by atoms with Gasteiger partial charge in [-0.2, -0.15) is 5.26 Å². The SMILES string of the molecule is COc1ccc(CN2CCCC2)cc1-c1ccc2c(c1O)C(O)=C1C(=O)[C@]3(C#N)C(O)=C(C(N)=O)C(=O)[C@@H](N(C)C)[C@]3(N)[C@@H](O)[C@]1(N)[C@H]2N. The maximum Gasteiger partial charge on any atom is 0.255 e. The lowest BCUT2D eigenvalue weighted by molar-refractivity contribution is -0.153. The third-order valence-electron chi connectivity index (χ3n) is 10.7. The van der Waals surface area contributed by atoms with Crippen molar-refractivity contribution in [2.75, 3.05) is 34.3 Å². The van der Waals surface area contributed by atoms with Gasteiger partial charge in [0.1, 0.15) is 40.2 Å². The number of aliphatic hydroxyl groups excluding tert-OH is 3. The summed E-state index contributed by atoms with van der Waals surface area (Å²) in [5.41, 5.74) is 16.8. The molecule has 15 nitrogen and oxygen atoms in total. The van der Waals surface area contributed by atoms with Crippen molar-refractivity contribution >= 4 is 23.2 Å². The van der Waals surface area contributed by atoms with E-state index in [2.05, 4.69) is 4.90 Å². The van der Waals surface area contributed by atoms with Crippen LogP contribution in [0.25, 0.3) is 16.9 Å². The summed E-state index contributed by atoms with van der Waals surface area (Å²) in [6.45, 7) is 2.56. The number of aromatic hydroxyl groups is 1. The average molecular weight is 674 g/mol. The molecule has 1 saturated heterocycles. The van der Waals surface area contributed by atoms with Gasteiger partial charge in [-0.25, -0.2) is 0 Å². The minimum atomic E-state index is -3.07. The van der Waals surface area contributed by atoms with Crippen molar-refractivity contribution in [3.8, 4) is 28.7 Å². The van der Waals surface area contributed by atoms with Crippen molar-refractivity contribution in [1.82, 2.24) is 9.80 Å². The number of fused-ring (bicyclic) bond motifs is 3. The molecule has 49 heavy (non-hydrogen) atoms. The molecule has 2 fully saturated rings. The van der Waals surface area contributed by atoms with Gasteiger partial charge in [-0.3, -0.25) is 24.2 Å². The second-order valence-corrected chi connectivity index (χ2v) is 13.4. The summed E-state index contributed by atoms with van der Waals surface area (Å²) in [7, 11) is 4.15. The van der Waals surface area contributed by atoms with Crippen LogP contribution < -0.4 is 27.7 Å². The molecule has 0 unspecified atom stereocenters. The molecule has 0 radical (unpaired) electrons. The Morgan fingerprint density at radius 3 is 2.33 bits per heavy atom. The zero-order valence-corrected chi connectivity index (χ0v) is 27.2. The van der Waals surface area contributed by atoms with Crippen molar-refractivity contribution in [1.29, 1.82) is 5.26 Å². The number of likely N-dealkylation sites (N-methyl/N-ethyl adjacent to an activating group) is 1. The highest BCUT2D eigenvalue weighted by Gasteiger charge is 2.79. The number of carbonyl (C=O) groups is 3. The van der Waals surface area contributed by atoms with Gasteiger partial charge in [0.2, 0.25) is 0 Å². The molecule has 1 amide bonds. The summed E-state index contributed by atoms with van der Waals surface area (Å²) in [6, 6.07) is 6.76. The molecule has 258 valence electrons. The average Bonchev–Trinajstić information content (AvgIpc) is 3.55. The Kier molecular flexibility index (Phi) is 7.91. The Morgan fingerprint density at radius 2 is 1.76 bits per heavy atom. The number of aliphatic hydroxyl groups is 3. The maximum atomic E-state index is 14.7. The predicted octanol–water partition coefficient (Wildman–Crippen LogP) is -0.395. The van der Waals surface area contributed by atoms with Crippen LogP contribution in [0.2, 0.25) is 0 Å². The molecule has 0 bridgehead atoms. The summed E-state index contributed by atoms with van der Waals surface area (Å²) in [5, 5.41) is 58.0. The first kappa shape index (κ1) is 34.1. The molecule has 0 aromatic heterocycles. The highest BCUT2D eigenvalue weighted by Crippen LogP contribution is 2.60. The zero-order chi connectivity index (χ0) is 36.0. The van der Waals surface area contributed by atoms with Crippen molar-refractivity contribution in [2.24, 2.45) is 28.3 Å². The number of carbonyl (C=O) groups excluding carboxylic acids is 3. The van der Waals surface area contributed by atoms with Crippen LogP contribution in [0.5, 0.6) is 11.5 Å². The topological polar surface area (TPSA) is 276 Å². The van der Waals surface area contributed by atoms with Crippen LogP contribution in [0.3, 0.4) is 0 Å². The molecule has 6 rings (SSSR count). The number of benzene rings is 2. The van der Waals surface area contributed by atoms with Crippen LogP contribution in [-0.4, -0.2) is 105 Å². The van der Waals surface area contributed by atoms with E-state index in [0.29, 0.717) is 17.9 Å². The molecule has 4 aliphatic rings. The molecule has 0 spiro atoms. The van der Waals surface area contributed by atoms with E-state index >= 15 is 0 Å². The Hall–Kier alpha value is -4.82. The summed E-state index contributed by atoms with van der Waals surface area (Å²) < 4.78 is 5.60. The molecule has 12 N–H and O–H groups in total. The molecule has 6 atom stereocenters. The van der Waals surface area contributed by atoms with E-state index in [1.165, 1.54) is 33.3 Å². The first-order valence-electron chi connectivity index (χ1n) is 15.7. The minimum Gasteiger partial charge on any atom is -0.509 e. The van der Waals surface area contributed by atoms with Crippen molar-refractivity contribution in [2.45, 2.75) is 48.7 Å². The fraction of sp³-hybridized carbons (Fsp3) is 0.412. The lowest BCUT2D eigenvalue weighted by atomic mass is 9.45. The standard InChI is InChI=1S/C34H39N7O8/c1-40(2)27-25(44)21(30(37)47)28(45)32(14-35)29(46)22-24(43)20-17(26(36)33(22,38)31(48)34(27,32)39)8-7-16(23(20)42)18-12-15(6-9-19(18)49-3)13-41-10-4-5-11-41/h6-9,12,26-27,31,42-43,45,48H,4-5,10-11,13,36,38-39H2,1-3H3,(H2,37,47)/t26-,27+,31-,32-,33+,34-/m0/s1. The number of methoxy groups -OCH3 is 1. The van der Waals surface area contributed by atoms with Crippen LogP contribution >= 0.6 is 0 Å². The number of nitriles is 1. The number of phenols is 1. The van der Waals surface area contributed by atoms with Gasteiger partial charge < -0.3 is 48.1 Å². The van der Waals surface area contributed by atoms with Gasteiger partial charge >= 0.3 is 0 Å². The highest BCUT2D eigenvalue weighted by atomic mass is 16.5. The van der Waals surface area contributed by atoms with Crippen LogP contribution in [0, 0.1) is 16.7 Å².